The smallest absolute Gasteiger partial charge is 0.302 e. The van der Waals surface area contributed by atoms with Crippen molar-refractivity contribution in [3.05, 3.63) is 102 Å². The number of piperidine rings is 1. The Hall–Kier alpha value is -3.17. The van der Waals surface area contributed by atoms with Gasteiger partial charge in [-0.3, -0.25) is 0 Å². The molecular weight excluding hydrogens is 451 g/mol. The third-order valence-corrected chi connectivity index (χ3v) is 6.73. The average molecular weight is 474 g/mol. The molecule has 33 heavy (non-hydrogen) atoms. The second-order valence-corrected chi connectivity index (χ2v) is 9.46. The second kappa shape index (κ2) is 9.36. The average Bonchev–Trinajstić information content (AvgIpc) is 2.83. The highest BCUT2D eigenvalue weighted by Crippen LogP contribution is 2.32. The summed E-state index contributed by atoms with van der Waals surface area (Å²) in [4.78, 5) is 1.91. The molecule has 0 bridgehead atoms. The first-order valence-electron chi connectivity index (χ1n) is 10.3. The van der Waals surface area contributed by atoms with Crippen molar-refractivity contribution < 1.29 is 21.6 Å². The largest absolute Gasteiger partial charge is 0.416 e. The van der Waals surface area contributed by atoms with Gasteiger partial charge in [-0.2, -0.15) is 26.7 Å². The third kappa shape index (κ3) is 5.61. The Bertz CT molecular complexity index is 1160. The SMILES string of the molecule is O=S(=O)(NN=C1CC(c2ccccc2)NC(c2ccccc2)C1)c1ccc(C(F)(F)F)cc1. The highest BCUT2D eigenvalue weighted by molar-refractivity contribution is 7.89. The molecule has 4 rings (SSSR count). The minimum atomic E-state index is -4.54. The summed E-state index contributed by atoms with van der Waals surface area (Å²) in [5.41, 5.74) is 1.84. The number of benzene rings is 3. The van der Waals surface area contributed by atoms with Crippen molar-refractivity contribution in [3.8, 4) is 0 Å². The van der Waals surface area contributed by atoms with E-state index >= 15 is 0 Å². The van der Waals surface area contributed by atoms with Crippen molar-refractivity contribution in [2.45, 2.75) is 36.0 Å². The van der Waals surface area contributed by atoms with E-state index in [4.69, 9.17) is 0 Å². The van der Waals surface area contributed by atoms with Gasteiger partial charge in [0.2, 0.25) is 0 Å². The van der Waals surface area contributed by atoms with Crippen LogP contribution in [0.25, 0.3) is 0 Å². The Morgan fingerprint density at radius 2 is 1.27 bits per heavy atom. The highest BCUT2D eigenvalue weighted by atomic mass is 32.2. The number of rotatable bonds is 5. The summed E-state index contributed by atoms with van der Waals surface area (Å²) in [6.45, 7) is 0. The van der Waals surface area contributed by atoms with Crippen LogP contribution in [-0.2, 0) is 16.2 Å². The molecule has 2 unspecified atom stereocenters. The van der Waals surface area contributed by atoms with Crippen LogP contribution in [0.4, 0.5) is 13.2 Å². The maximum absolute atomic E-state index is 12.8. The lowest BCUT2D eigenvalue weighted by Gasteiger charge is -2.32. The van der Waals surface area contributed by atoms with E-state index in [0.29, 0.717) is 18.6 Å². The predicted molar refractivity (Wildman–Crippen MR) is 120 cm³/mol. The van der Waals surface area contributed by atoms with E-state index in [2.05, 4.69) is 15.2 Å². The van der Waals surface area contributed by atoms with Gasteiger partial charge in [-0.15, -0.1) is 0 Å². The van der Waals surface area contributed by atoms with Gasteiger partial charge in [0.15, 0.2) is 0 Å². The molecule has 172 valence electrons. The fourth-order valence-corrected chi connectivity index (χ4v) is 4.65. The number of sulfonamides is 1. The molecule has 0 spiro atoms. The van der Waals surface area contributed by atoms with Crippen molar-refractivity contribution >= 4 is 15.7 Å². The Morgan fingerprint density at radius 3 is 1.73 bits per heavy atom. The van der Waals surface area contributed by atoms with E-state index in [0.717, 1.165) is 35.4 Å². The Morgan fingerprint density at radius 1 is 0.788 bits per heavy atom. The van der Waals surface area contributed by atoms with Gasteiger partial charge < -0.3 is 5.32 Å². The fraction of sp³-hybridized carbons (Fsp3) is 0.208. The van der Waals surface area contributed by atoms with Crippen LogP contribution in [0.3, 0.4) is 0 Å². The quantitative estimate of drug-likeness (QED) is 0.500. The molecule has 1 aliphatic rings. The van der Waals surface area contributed by atoms with E-state index in [-0.39, 0.29) is 17.0 Å². The van der Waals surface area contributed by atoms with Gasteiger partial charge in [0, 0.05) is 30.6 Å². The lowest BCUT2D eigenvalue weighted by molar-refractivity contribution is -0.137. The van der Waals surface area contributed by atoms with Crippen molar-refractivity contribution in [1.29, 1.82) is 0 Å². The zero-order valence-electron chi connectivity index (χ0n) is 17.5. The summed E-state index contributed by atoms with van der Waals surface area (Å²) < 4.78 is 63.5. The predicted octanol–water partition coefficient (Wildman–Crippen LogP) is 5.21. The van der Waals surface area contributed by atoms with Crippen LogP contribution in [0.1, 0.15) is 41.6 Å². The van der Waals surface area contributed by atoms with Gasteiger partial charge in [-0.05, 0) is 35.4 Å². The van der Waals surface area contributed by atoms with E-state index < -0.39 is 21.8 Å². The first-order chi connectivity index (χ1) is 15.7. The number of hydrogen-bond donors (Lipinski definition) is 2. The van der Waals surface area contributed by atoms with Gasteiger partial charge in [-0.1, -0.05) is 60.7 Å². The molecule has 0 aliphatic carbocycles. The molecule has 0 radical (unpaired) electrons. The zero-order valence-corrected chi connectivity index (χ0v) is 18.3. The van der Waals surface area contributed by atoms with Crippen molar-refractivity contribution in [1.82, 2.24) is 10.1 Å². The highest BCUT2D eigenvalue weighted by Gasteiger charge is 2.31. The molecule has 2 atom stereocenters. The molecule has 3 aromatic carbocycles. The lowest BCUT2D eigenvalue weighted by Crippen LogP contribution is -2.36. The Labute approximate surface area is 190 Å². The summed E-state index contributed by atoms with van der Waals surface area (Å²) in [6.07, 6.45) is -3.56. The topological polar surface area (TPSA) is 70.6 Å². The van der Waals surface area contributed by atoms with Crippen molar-refractivity contribution in [3.63, 3.8) is 0 Å². The summed E-state index contributed by atoms with van der Waals surface area (Å²) in [6, 6.07) is 22.8. The molecule has 0 amide bonds. The second-order valence-electron chi connectivity index (χ2n) is 7.80. The molecule has 1 heterocycles. The molecule has 1 fully saturated rings. The number of hydrogen-bond acceptors (Lipinski definition) is 4. The first-order valence-corrected chi connectivity index (χ1v) is 11.8. The van der Waals surface area contributed by atoms with Crippen LogP contribution in [0.2, 0.25) is 0 Å². The van der Waals surface area contributed by atoms with Gasteiger partial charge in [0.25, 0.3) is 10.0 Å². The molecule has 0 aromatic heterocycles. The molecule has 0 saturated carbocycles. The number of nitrogens with one attached hydrogen (secondary N) is 2. The van der Waals surface area contributed by atoms with E-state index in [1.165, 1.54) is 0 Å². The van der Waals surface area contributed by atoms with Gasteiger partial charge >= 0.3 is 6.18 Å². The number of hydrazone groups is 1. The summed E-state index contributed by atoms with van der Waals surface area (Å²) in [7, 11) is -4.11. The van der Waals surface area contributed by atoms with Crippen LogP contribution >= 0.6 is 0 Å². The lowest BCUT2D eigenvalue weighted by atomic mass is 9.89. The number of nitrogens with zero attached hydrogens (tertiary/aromatic N) is 1. The normalized spacial score (nSPS) is 19.2. The Balaban J connectivity index is 1.57. The molecule has 1 aliphatic heterocycles. The van der Waals surface area contributed by atoms with Crippen molar-refractivity contribution in [2.24, 2.45) is 5.10 Å². The van der Waals surface area contributed by atoms with Gasteiger partial charge in [0.1, 0.15) is 0 Å². The summed E-state index contributed by atoms with van der Waals surface area (Å²) >= 11 is 0. The fourth-order valence-electron chi connectivity index (χ4n) is 3.81. The first kappa shape index (κ1) is 23.0. The molecular formula is C24H22F3N3O2S. The monoisotopic (exact) mass is 473 g/mol. The molecule has 2 N–H and O–H groups in total. The van der Waals surface area contributed by atoms with Crippen LogP contribution < -0.4 is 10.1 Å². The standard InChI is InChI=1S/C24H22F3N3O2S/c25-24(26,27)19-11-13-21(14-12-19)33(31,32)30-29-20-15-22(17-7-3-1-4-8-17)28-23(16-20)18-9-5-2-6-10-18/h1-14,22-23,28,30H,15-16H2. The van der Waals surface area contributed by atoms with Crippen LogP contribution in [-0.4, -0.2) is 14.1 Å². The third-order valence-electron chi connectivity index (χ3n) is 5.50. The maximum atomic E-state index is 12.8. The van der Waals surface area contributed by atoms with Crippen molar-refractivity contribution in [2.75, 3.05) is 0 Å². The van der Waals surface area contributed by atoms with E-state index in [1.807, 2.05) is 60.7 Å². The van der Waals surface area contributed by atoms with E-state index in [9.17, 15) is 21.6 Å². The Kier molecular flexibility index (Phi) is 6.53. The van der Waals surface area contributed by atoms with E-state index in [1.54, 1.807) is 0 Å². The maximum Gasteiger partial charge on any atom is 0.416 e. The molecule has 5 nitrogen and oxygen atoms in total. The summed E-state index contributed by atoms with van der Waals surface area (Å²) in [5.74, 6) is 0. The van der Waals surface area contributed by atoms with Crippen LogP contribution in [0.15, 0.2) is 94.9 Å². The number of alkyl halides is 3. The zero-order chi connectivity index (χ0) is 23.5. The molecule has 3 aromatic rings. The molecule has 1 saturated heterocycles. The van der Waals surface area contributed by atoms with Gasteiger partial charge in [-0.25, -0.2) is 4.83 Å². The number of halogens is 3. The summed E-state index contributed by atoms with van der Waals surface area (Å²) in [5, 5.41) is 7.77. The molecule has 9 heteroatoms. The van der Waals surface area contributed by atoms with Crippen LogP contribution in [0, 0.1) is 0 Å². The van der Waals surface area contributed by atoms with Crippen LogP contribution in [0.5, 0.6) is 0 Å². The van der Waals surface area contributed by atoms with Gasteiger partial charge in [0.05, 0.1) is 10.5 Å². The minimum Gasteiger partial charge on any atom is -0.302 e. The minimum absolute atomic E-state index is 0.0699.